The lowest BCUT2D eigenvalue weighted by molar-refractivity contribution is -0.116. The Balaban J connectivity index is 1.51. The maximum Gasteiger partial charge on any atom is 0.224 e. The second-order valence-corrected chi connectivity index (χ2v) is 7.70. The van der Waals surface area contributed by atoms with Gasteiger partial charge >= 0.3 is 0 Å². The third-order valence-corrected chi connectivity index (χ3v) is 5.63. The van der Waals surface area contributed by atoms with Crippen LogP contribution in [-0.4, -0.2) is 23.3 Å². The fourth-order valence-corrected chi connectivity index (χ4v) is 3.75. The molecule has 31 heavy (non-hydrogen) atoms. The number of amides is 1. The predicted octanol–water partition coefficient (Wildman–Crippen LogP) is 4.68. The Morgan fingerprint density at radius 3 is 2.13 bits per heavy atom. The zero-order chi connectivity index (χ0) is 22.1. The minimum absolute atomic E-state index is 0.0197. The maximum atomic E-state index is 13.0. The Hall–Kier alpha value is -3.86. The van der Waals surface area contributed by atoms with Gasteiger partial charge in [-0.05, 0) is 37.1 Å². The first-order valence-electron chi connectivity index (χ1n) is 10.1. The summed E-state index contributed by atoms with van der Waals surface area (Å²) in [4.78, 5) is 50.8. The Morgan fingerprint density at radius 2 is 1.42 bits per heavy atom. The van der Waals surface area contributed by atoms with Gasteiger partial charge in [0.05, 0.1) is 11.3 Å². The summed E-state index contributed by atoms with van der Waals surface area (Å²) in [5.74, 6) is -1.04. The van der Waals surface area contributed by atoms with Crippen LogP contribution in [-0.2, 0) is 4.79 Å². The van der Waals surface area contributed by atoms with Crippen molar-refractivity contribution in [3.05, 3.63) is 99.6 Å². The van der Waals surface area contributed by atoms with Gasteiger partial charge < -0.3 is 5.32 Å². The van der Waals surface area contributed by atoms with Crippen LogP contribution in [0.2, 0.25) is 0 Å². The third kappa shape index (κ3) is 3.82. The summed E-state index contributed by atoms with van der Waals surface area (Å²) in [7, 11) is 0. The van der Waals surface area contributed by atoms with Gasteiger partial charge in [-0.3, -0.25) is 19.2 Å². The van der Waals surface area contributed by atoms with E-state index in [1.165, 1.54) is 0 Å². The molecule has 3 aromatic rings. The van der Waals surface area contributed by atoms with Crippen LogP contribution in [0.25, 0.3) is 0 Å². The molecule has 0 atom stereocenters. The molecule has 0 bridgehead atoms. The van der Waals surface area contributed by atoms with Crippen LogP contribution < -0.4 is 5.32 Å². The standard InChI is InChI=1S/C26H21NO4/c1-15-10-11-17(14-16(15)2)22(28)12-13-23(29)27-21-9-5-8-20-24(21)26(31)19-7-4-3-6-18(19)25(20)30/h3-11,14H,12-13H2,1-2H3,(H,27,29). The Kier molecular flexibility index (Phi) is 5.34. The molecule has 1 aliphatic carbocycles. The highest BCUT2D eigenvalue weighted by molar-refractivity contribution is 6.30. The van der Waals surface area contributed by atoms with E-state index in [1.807, 2.05) is 26.0 Å². The molecule has 0 unspecified atom stereocenters. The summed E-state index contributed by atoms with van der Waals surface area (Å²) in [6.07, 6.45) is 0.0349. The molecule has 0 aromatic heterocycles. The number of nitrogens with one attached hydrogen (secondary N) is 1. The van der Waals surface area contributed by atoms with E-state index in [4.69, 9.17) is 0 Å². The van der Waals surface area contributed by atoms with E-state index in [0.717, 1.165) is 11.1 Å². The van der Waals surface area contributed by atoms with Crippen LogP contribution in [0.1, 0.15) is 66.2 Å². The first-order chi connectivity index (χ1) is 14.9. The molecule has 5 heteroatoms. The number of benzene rings is 3. The summed E-state index contributed by atoms with van der Waals surface area (Å²) in [5, 5.41) is 2.71. The number of aryl methyl sites for hydroxylation is 2. The number of Topliss-reactive ketones (excluding diaryl/α,β-unsaturated/α-hetero) is 1. The highest BCUT2D eigenvalue weighted by Crippen LogP contribution is 2.32. The van der Waals surface area contributed by atoms with Crippen molar-refractivity contribution in [3.63, 3.8) is 0 Å². The summed E-state index contributed by atoms with van der Waals surface area (Å²) in [6.45, 7) is 3.91. The lowest BCUT2D eigenvalue weighted by Crippen LogP contribution is -2.24. The number of hydrogen-bond acceptors (Lipinski definition) is 4. The normalized spacial score (nSPS) is 12.2. The van der Waals surface area contributed by atoms with Gasteiger partial charge in [-0.25, -0.2) is 0 Å². The summed E-state index contributed by atoms with van der Waals surface area (Å²) in [6, 6.07) is 16.9. The van der Waals surface area contributed by atoms with E-state index in [0.29, 0.717) is 16.7 Å². The largest absolute Gasteiger partial charge is 0.325 e. The Morgan fingerprint density at radius 1 is 0.742 bits per heavy atom. The van der Waals surface area contributed by atoms with Gasteiger partial charge in [0.1, 0.15) is 0 Å². The molecular formula is C26H21NO4. The van der Waals surface area contributed by atoms with E-state index in [1.54, 1.807) is 48.5 Å². The molecule has 1 amide bonds. The molecule has 0 radical (unpaired) electrons. The fourth-order valence-electron chi connectivity index (χ4n) is 3.75. The van der Waals surface area contributed by atoms with Gasteiger partial charge in [0.2, 0.25) is 5.91 Å². The number of hydrogen-bond donors (Lipinski definition) is 1. The second kappa shape index (κ2) is 8.11. The molecular weight excluding hydrogens is 390 g/mol. The zero-order valence-electron chi connectivity index (χ0n) is 17.3. The van der Waals surface area contributed by atoms with Gasteiger partial charge in [0, 0.05) is 35.1 Å². The van der Waals surface area contributed by atoms with Crippen molar-refractivity contribution in [3.8, 4) is 0 Å². The molecule has 1 N–H and O–H groups in total. The summed E-state index contributed by atoms with van der Waals surface area (Å²) < 4.78 is 0. The molecule has 0 saturated carbocycles. The van der Waals surface area contributed by atoms with Gasteiger partial charge in [0.15, 0.2) is 17.3 Å². The topological polar surface area (TPSA) is 80.3 Å². The number of carbonyl (C=O) groups excluding carboxylic acids is 4. The lowest BCUT2D eigenvalue weighted by atomic mass is 9.83. The van der Waals surface area contributed by atoms with Crippen LogP contribution in [0, 0.1) is 13.8 Å². The minimum atomic E-state index is -0.385. The van der Waals surface area contributed by atoms with Crippen molar-refractivity contribution >= 4 is 28.9 Å². The third-order valence-electron chi connectivity index (χ3n) is 5.63. The Bertz CT molecular complexity index is 1260. The quantitative estimate of drug-likeness (QED) is 0.484. The first kappa shape index (κ1) is 20.4. The highest BCUT2D eigenvalue weighted by Gasteiger charge is 2.31. The fraction of sp³-hybridized carbons (Fsp3) is 0.154. The molecule has 1 aliphatic rings. The van der Waals surface area contributed by atoms with Crippen LogP contribution in [0.3, 0.4) is 0 Å². The number of carbonyl (C=O) groups is 4. The molecule has 0 heterocycles. The second-order valence-electron chi connectivity index (χ2n) is 7.70. The van der Waals surface area contributed by atoms with Crippen molar-refractivity contribution in [1.82, 2.24) is 0 Å². The van der Waals surface area contributed by atoms with Crippen molar-refractivity contribution < 1.29 is 19.2 Å². The summed E-state index contributed by atoms with van der Waals surface area (Å²) >= 11 is 0. The zero-order valence-corrected chi connectivity index (χ0v) is 17.3. The molecule has 4 rings (SSSR count). The predicted molar refractivity (Wildman–Crippen MR) is 118 cm³/mol. The number of fused-ring (bicyclic) bond motifs is 2. The van der Waals surface area contributed by atoms with Gasteiger partial charge in [-0.2, -0.15) is 0 Å². The van der Waals surface area contributed by atoms with Gasteiger partial charge in [0.25, 0.3) is 0 Å². The van der Waals surface area contributed by atoms with Crippen molar-refractivity contribution in [2.45, 2.75) is 26.7 Å². The van der Waals surface area contributed by atoms with E-state index in [2.05, 4.69) is 5.32 Å². The first-order valence-corrected chi connectivity index (χ1v) is 10.1. The molecule has 154 valence electrons. The molecule has 0 aliphatic heterocycles. The van der Waals surface area contributed by atoms with E-state index in [9.17, 15) is 19.2 Å². The molecule has 3 aromatic carbocycles. The van der Waals surface area contributed by atoms with Gasteiger partial charge in [-0.1, -0.05) is 48.5 Å². The van der Waals surface area contributed by atoms with Crippen molar-refractivity contribution in [2.24, 2.45) is 0 Å². The highest BCUT2D eigenvalue weighted by atomic mass is 16.2. The molecule has 0 fully saturated rings. The van der Waals surface area contributed by atoms with Gasteiger partial charge in [-0.15, -0.1) is 0 Å². The smallest absolute Gasteiger partial charge is 0.224 e. The minimum Gasteiger partial charge on any atom is -0.325 e. The number of anilines is 1. The van der Waals surface area contributed by atoms with Crippen LogP contribution in [0.15, 0.2) is 60.7 Å². The number of rotatable bonds is 5. The molecule has 5 nitrogen and oxygen atoms in total. The van der Waals surface area contributed by atoms with Crippen molar-refractivity contribution in [2.75, 3.05) is 5.32 Å². The average molecular weight is 411 g/mol. The van der Waals surface area contributed by atoms with E-state index < -0.39 is 0 Å². The van der Waals surface area contributed by atoms with Crippen LogP contribution in [0.4, 0.5) is 5.69 Å². The van der Waals surface area contributed by atoms with Crippen molar-refractivity contribution in [1.29, 1.82) is 0 Å². The van der Waals surface area contributed by atoms with E-state index >= 15 is 0 Å². The maximum absolute atomic E-state index is 13.0. The number of ketones is 3. The monoisotopic (exact) mass is 411 g/mol. The Labute approximate surface area is 180 Å². The van der Waals surface area contributed by atoms with Crippen LogP contribution >= 0.6 is 0 Å². The lowest BCUT2D eigenvalue weighted by Gasteiger charge is -2.20. The molecule has 0 spiro atoms. The SMILES string of the molecule is Cc1ccc(C(=O)CCC(=O)Nc2cccc3c2C(=O)c2ccccc2C3=O)cc1C. The van der Waals surface area contributed by atoms with Crippen LogP contribution in [0.5, 0.6) is 0 Å². The molecule has 0 saturated heterocycles. The summed E-state index contributed by atoms with van der Waals surface area (Å²) in [5.41, 5.74) is 4.14. The average Bonchev–Trinajstić information content (AvgIpc) is 2.77. The van der Waals surface area contributed by atoms with E-state index in [-0.39, 0.29) is 52.9 Å².